The van der Waals surface area contributed by atoms with E-state index >= 15 is 0 Å². The Balaban J connectivity index is 1.79. The Bertz CT molecular complexity index is 1070. The molecule has 0 aliphatic rings. The molecule has 3 aromatic rings. The number of halogens is 1. The van der Waals surface area contributed by atoms with Crippen molar-refractivity contribution < 1.29 is 19.1 Å². The van der Waals surface area contributed by atoms with E-state index in [-0.39, 0.29) is 23.6 Å². The minimum absolute atomic E-state index is 0.0213. The number of carbonyl (C=O) groups excluding carboxylic acids is 2. The first-order chi connectivity index (χ1) is 13.9. The van der Waals surface area contributed by atoms with Crippen molar-refractivity contribution in [2.24, 2.45) is 5.73 Å². The van der Waals surface area contributed by atoms with Crippen LogP contribution in [0.1, 0.15) is 16.1 Å². The monoisotopic (exact) mass is 431 g/mol. The molecule has 1 heterocycles. The van der Waals surface area contributed by atoms with Gasteiger partial charge in [-0.2, -0.15) is 0 Å². The number of nitrogens with zero attached hydrogens (tertiary/aromatic N) is 1. The molecular weight excluding hydrogens is 414 g/mol. The first kappa shape index (κ1) is 20.6. The Kier molecular flexibility index (Phi) is 6.36. The number of aromatic nitrogens is 1. The summed E-state index contributed by atoms with van der Waals surface area (Å²) in [5, 5.41) is 5.80. The zero-order valence-corrected chi connectivity index (χ0v) is 17.3. The number of thiazole rings is 1. The van der Waals surface area contributed by atoms with E-state index in [1.54, 1.807) is 11.4 Å². The van der Waals surface area contributed by atoms with Crippen LogP contribution in [0.15, 0.2) is 41.8 Å². The van der Waals surface area contributed by atoms with Crippen molar-refractivity contribution in [3.63, 3.8) is 0 Å². The Morgan fingerprint density at radius 2 is 1.86 bits per heavy atom. The second-order valence-corrected chi connectivity index (χ2v) is 7.23. The van der Waals surface area contributed by atoms with Gasteiger partial charge in [-0.3, -0.25) is 9.59 Å². The van der Waals surface area contributed by atoms with E-state index in [1.165, 1.54) is 37.7 Å². The zero-order chi connectivity index (χ0) is 21.0. The number of benzene rings is 2. The van der Waals surface area contributed by atoms with E-state index in [1.807, 2.05) is 18.2 Å². The van der Waals surface area contributed by atoms with Crippen LogP contribution in [0.2, 0.25) is 5.02 Å². The lowest BCUT2D eigenvalue weighted by Gasteiger charge is -2.14. The fraction of sp³-hybridized carbons (Fsp3) is 0.150. The molecule has 3 N–H and O–H groups in total. The van der Waals surface area contributed by atoms with E-state index in [0.717, 1.165) is 10.6 Å². The molecule has 0 aliphatic heterocycles. The summed E-state index contributed by atoms with van der Waals surface area (Å²) in [7, 11) is 2.90. The van der Waals surface area contributed by atoms with E-state index in [0.29, 0.717) is 22.2 Å². The van der Waals surface area contributed by atoms with Crippen molar-refractivity contribution in [1.29, 1.82) is 0 Å². The predicted octanol–water partition coefficient (Wildman–Crippen LogP) is 3.76. The standard InChI is InChI=1S/C20H18ClN3O4S/c1-27-16-8-13(19(22)26)15(9-17(16)28-2)24-18(25)7-11-10-29-20(23-11)12-5-3-4-6-14(12)21/h3-6,8-10H,7H2,1-2H3,(H2,22,26)(H,24,25). The van der Waals surface area contributed by atoms with Crippen LogP contribution in [0.4, 0.5) is 5.69 Å². The van der Waals surface area contributed by atoms with E-state index in [9.17, 15) is 9.59 Å². The number of rotatable bonds is 7. The lowest BCUT2D eigenvalue weighted by molar-refractivity contribution is -0.115. The van der Waals surface area contributed by atoms with Gasteiger partial charge in [-0.1, -0.05) is 29.8 Å². The van der Waals surface area contributed by atoms with Gasteiger partial charge in [-0.05, 0) is 12.1 Å². The van der Waals surface area contributed by atoms with Gasteiger partial charge in [0.25, 0.3) is 5.91 Å². The third-order valence-electron chi connectivity index (χ3n) is 4.06. The number of methoxy groups -OCH3 is 2. The molecule has 0 bridgehead atoms. The molecule has 150 valence electrons. The van der Waals surface area contributed by atoms with Gasteiger partial charge < -0.3 is 20.5 Å². The third kappa shape index (κ3) is 4.67. The molecule has 3 rings (SSSR count). The minimum atomic E-state index is -0.698. The molecule has 0 saturated carbocycles. The van der Waals surface area contributed by atoms with Crippen molar-refractivity contribution in [1.82, 2.24) is 4.98 Å². The van der Waals surface area contributed by atoms with Crippen molar-refractivity contribution in [3.8, 4) is 22.1 Å². The highest BCUT2D eigenvalue weighted by atomic mass is 35.5. The number of amides is 2. The van der Waals surface area contributed by atoms with Crippen molar-refractivity contribution >= 4 is 40.4 Å². The number of primary amides is 1. The number of nitrogens with two attached hydrogens (primary N) is 1. The van der Waals surface area contributed by atoms with Gasteiger partial charge in [0.15, 0.2) is 11.5 Å². The maximum Gasteiger partial charge on any atom is 0.250 e. The van der Waals surface area contributed by atoms with Gasteiger partial charge in [0.2, 0.25) is 5.91 Å². The van der Waals surface area contributed by atoms with E-state index in [4.69, 9.17) is 26.8 Å². The maximum absolute atomic E-state index is 12.5. The quantitative estimate of drug-likeness (QED) is 0.592. The smallest absolute Gasteiger partial charge is 0.250 e. The number of carbonyl (C=O) groups is 2. The van der Waals surface area contributed by atoms with Crippen LogP contribution in [-0.4, -0.2) is 31.0 Å². The van der Waals surface area contributed by atoms with Gasteiger partial charge >= 0.3 is 0 Å². The highest BCUT2D eigenvalue weighted by Crippen LogP contribution is 2.33. The normalized spacial score (nSPS) is 10.4. The summed E-state index contributed by atoms with van der Waals surface area (Å²) in [6.07, 6.45) is 0.0213. The average molecular weight is 432 g/mol. The molecular formula is C20H18ClN3O4S. The highest BCUT2D eigenvalue weighted by molar-refractivity contribution is 7.13. The topological polar surface area (TPSA) is 104 Å². The van der Waals surface area contributed by atoms with Gasteiger partial charge in [0.05, 0.1) is 42.6 Å². The van der Waals surface area contributed by atoms with Crippen LogP contribution < -0.4 is 20.5 Å². The Morgan fingerprint density at radius 1 is 1.17 bits per heavy atom. The molecule has 0 spiro atoms. The lowest BCUT2D eigenvalue weighted by atomic mass is 10.1. The zero-order valence-electron chi connectivity index (χ0n) is 15.7. The van der Waals surface area contributed by atoms with Crippen molar-refractivity contribution in [2.45, 2.75) is 6.42 Å². The SMILES string of the molecule is COc1cc(NC(=O)Cc2csc(-c3ccccc3Cl)n2)c(C(N)=O)cc1OC. The van der Waals surface area contributed by atoms with Gasteiger partial charge in [-0.15, -0.1) is 11.3 Å². The molecule has 29 heavy (non-hydrogen) atoms. The number of hydrogen-bond donors (Lipinski definition) is 2. The summed E-state index contributed by atoms with van der Waals surface area (Å²) in [6, 6.07) is 10.3. The maximum atomic E-state index is 12.5. The summed E-state index contributed by atoms with van der Waals surface area (Å²) >= 11 is 7.60. The number of nitrogens with one attached hydrogen (secondary N) is 1. The van der Waals surface area contributed by atoms with E-state index < -0.39 is 5.91 Å². The number of ether oxygens (including phenoxy) is 2. The summed E-state index contributed by atoms with van der Waals surface area (Å²) in [5.41, 5.74) is 7.18. The molecule has 0 atom stereocenters. The predicted molar refractivity (Wildman–Crippen MR) is 113 cm³/mol. The summed E-state index contributed by atoms with van der Waals surface area (Å²) in [5.74, 6) is -0.350. The Hall–Kier alpha value is -3.10. The van der Waals surface area contributed by atoms with Gasteiger partial charge in [0.1, 0.15) is 5.01 Å². The second-order valence-electron chi connectivity index (χ2n) is 5.97. The third-order valence-corrected chi connectivity index (χ3v) is 5.31. The number of hydrogen-bond acceptors (Lipinski definition) is 6. The van der Waals surface area contributed by atoms with Crippen LogP contribution in [-0.2, 0) is 11.2 Å². The molecule has 0 saturated heterocycles. The molecule has 0 unspecified atom stereocenters. The fourth-order valence-corrected chi connectivity index (χ4v) is 3.83. The van der Waals surface area contributed by atoms with Crippen LogP contribution in [0.25, 0.3) is 10.6 Å². The summed E-state index contributed by atoms with van der Waals surface area (Å²) in [4.78, 5) is 28.8. The first-order valence-corrected chi connectivity index (χ1v) is 9.73. The average Bonchev–Trinajstić information content (AvgIpc) is 3.15. The second kappa shape index (κ2) is 8.93. The molecule has 0 fully saturated rings. The minimum Gasteiger partial charge on any atom is -0.493 e. The van der Waals surface area contributed by atoms with Crippen molar-refractivity contribution in [3.05, 3.63) is 58.1 Å². The molecule has 0 aliphatic carbocycles. The molecule has 2 aromatic carbocycles. The molecule has 2 amide bonds. The lowest BCUT2D eigenvalue weighted by Crippen LogP contribution is -2.20. The van der Waals surface area contributed by atoms with Crippen LogP contribution in [0.3, 0.4) is 0 Å². The Labute approximate surface area is 176 Å². The molecule has 7 nitrogen and oxygen atoms in total. The Morgan fingerprint density at radius 3 is 2.52 bits per heavy atom. The largest absolute Gasteiger partial charge is 0.493 e. The summed E-state index contributed by atoms with van der Waals surface area (Å²) in [6.45, 7) is 0. The van der Waals surface area contributed by atoms with Gasteiger partial charge in [-0.25, -0.2) is 4.98 Å². The van der Waals surface area contributed by atoms with Gasteiger partial charge in [0, 0.05) is 17.0 Å². The van der Waals surface area contributed by atoms with Crippen LogP contribution in [0, 0.1) is 0 Å². The fourth-order valence-electron chi connectivity index (χ4n) is 2.69. The van der Waals surface area contributed by atoms with Crippen LogP contribution in [0.5, 0.6) is 11.5 Å². The molecule has 0 radical (unpaired) electrons. The summed E-state index contributed by atoms with van der Waals surface area (Å²) < 4.78 is 10.4. The van der Waals surface area contributed by atoms with E-state index in [2.05, 4.69) is 10.3 Å². The number of anilines is 1. The van der Waals surface area contributed by atoms with Crippen LogP contribution >= 0.6 is 22.9 Å². The molecule has 1 aromatic heterocycles. The highest BCUT2D eigenvalue weighted by Gasteiger charge is 2.18. The first-order valence-electron chi connectivity index (χ1n) is 8.48. The van der Waals surface area contributed by atoms with Crippen molar-refractivity contribution in [2.75, 3.05) is 19.5 Å². The molecule has 9 heteroatoms.